The summed E-state index contributed by atoms with van der Waals surface area (Å²) in [6, 6.07) is 13.3. The third kappa shape index (κ3) is 5.17. The Morgan fingerprint density at radius 3 is 2.50 bits per heavy atom. The van der Waals surface area contributed by atoms with Gasteiger partial charge in [0.2, 0.25) is 0 Å². The van der Waals surface area contributed by atoms with Gasteiger partial charge in [0, 0.05) is 10.6 Å². The van der Waals surface area contributed by atoms with Crippen molar-refractivity contribution >= 4 is 23.4 Å². The Morgan fingerprint density at radius 2 is 1.96 bits per heavy atom. The van der Waals surface area contributed by atoms with Gasteiger partial charge in [-0.1, -0.05) is 13.0 Å². The third-order valence-corrected chi connectivity index (χ3v) is 4.45. The molecule has 0 saturated heterocycles. The highest BCUT2D eigenvalue weighted by atomic mass is 32.2. The first kappa shape index (κ1) is 19.7. The van der Waals surface area contributed by atoms with E-state index in [1.54, 1.807) is 42.1 Å². The number of hydrogen-bond acceptors (Lipinski definition) is 5. The first-order valence-corrected chi connectivity index (χ1v) is 9.36. The molecule has 0 heterocycles. The lowest BCUT2D eigenvalue weighted by molar-refractivity contribution is -0.138. The van der Waals surface area contributed by atoms with Crippen molar-refractivity contribution in [1.29, 1.82) is 5.26 Å². The SMILES string of the molecule is CCSc1cc(C(Nc2ccc(C#N)cc2)C(=O)O)ccc1OC(C)C. The molecule has 0 aliphatic rings. The first-order valence-electron chi connectivity index (χ1n) is 8.37. The molecule has 6 heteroatoms. The smallest absolute Gasteiger partial charge is 0.330 e. The van der Waals surface area contributed by atoms with E-state index in [4.69, 9.17) is 10.00 Å². The lowest BCUT2D eigenvalue weighted by Crippen LogP contribution is -2.20. The number of nitrogens with zero attached hydrogens (tertiary/aromatic N) is 1. The van der Waals surface area contributed by atoms with Crippen molar-refractivity contribution in [2.45, 2.75) is 37.8 Å². The Morgan fingerprint density at radius 1 is 1.27 bits per heavy atom. The molecule has 2 aromatic rings. The van der Waals surface area contributed by atoms with Crippen LogP contribution in [0.3, 0.4) is 0 Å². The van der Waals surface area contributed by atoms with Crippen LogP contribution in [0.25, 0.3) is 0 Å². The van der Waals surface area contributed by atoms with Crippen LogP contribution < -0.4 is 10.1 Å². The number of carboxylic acid groups (broad SMARTS) is 1. The van der Waals surface area contributed by atoms with E-state index in [9.17, 15) is 9.90 Å². The van der Waals surface area contributed by atoms with Gasteiger partial charge < -0.3 is 15.2 Å². The summed E-state index contributed by atoms with van der Waals surface area (Å²) in [5, 5.41) is 21.6. The minimum absolute atomic E-state index is 0.0455. The standard InChI is InChI=1S/C20H22N2O3S/c1-4-26-18-11-15(7-10-17(18)25-13(2)3)19(20(23)24)22-16-8-5-14(12-21)6-9-16/h5-11,13,19,22H,4H2,1-3H3,(H,23,24). The topological polar surface area (TPSA) is 82.4 Å². The second-order valence-electron chi connectivity index (χ2n) is 5.91. The van der Waals surface area contributed by atoms with Crippen molar-refractivity contribution in [1.82, 2.24) is 0 Å². The average molecular weight is 370 g/mol. The molecular formula is C20H22N2O3S. The van der Waals surface area contributed by atoms with Crippen molar-refractivity contribution in [2.75, 3.05) is 11.1 Å². The summed E-state index contributed by atoms with van der Waals surface area (Å²) in [5.41, 5.74) is 1.82. The van der Waals surface area contributed by atoms with Gasteiger partial charge in [0.05, 0.1) is 17.7 Å². The van der Waals surface area contributed by atoms with Crippen LogP contribution in [0.15, 0.2) is 47.4 Å². The largest absolute Gasteiger partial charge is 0.490 e. The molecular weight excluding hydrogens is 348 g/mol. The maximum Gasteiger partial charge on any atom is 0.330 e. The van der Waals surface area contributed by atoms with Gasteiger partial charge in [-0.2, -0.15) is 5.26 Å². The number of ether oxygens (including phenoxy) is 1. The van der Waals surface area contributed by atoms with Gasteiger partial charge in [-0.3, -0.25) is 0 Å². The maximum absolute atomic E-state index is 11.8. The molecule has 2 N–H and O–H groups in total. The summed E-state index contributed by atoms with van der Waals surface area (Å²) in [4.78, 5) is 12.7. The van der Waals surface area contributed by atoms with Gasteiger partial charge >= 0.3 is 5.97 Å². The lowest BCUT2D eigenvalue weighted by Gasteiger charge is -2.19. The zero-order chi connectivity index (χ0) is 19.1. The van der Waals surface area contributed by atoms with Gasteiger partial charge in [-0.15, -0.1) is 11.8 Å². The minimum atomic E-state index is -0.973. The molecule has 5 nitrogen and oxygen atoms in total. The zero-order valence-electron chi connectivity index (χ0n) is 15.0. The number of benzene rings is 2. The number of rotatable bonds is 8. The predicted molar refractivity (Wildman–Crippen MR) is 104 cm³/mol. The summed E-state index contributed by atoms with van der Waals surface area (Å²) in [7, 11) is 0. The van der Waals surface area contributed by atoms with Gasteiger partial charge in [0.25, 0.3) is 0 Å². The van der Waals surface area contributed by atoms with Crippen molar-refractivity contribution in [3.05, 3.63) is 53.6 Å². The normalized spacial score (nSPS) is 11.7. The van der Waals surface area contributed by atoms with Crippen LogP contribution >= 0.6 is 11.8 Å². The number of anilines is 1. The van der Waals surface area contributed by atoms with E-state index in [0.29, 0.717) is 16.8 Å². The van der Waals surface area contributed by atoms with Crippen LogP contribution in [0.5, 0.6) is 5.75 Å². The summed E-state index contributed by atoms with van der Waals surface area (Å²) < 4.78 is 5.82. The van der Waals surface area contributed by atoms with E-state index in [0.717, 1.165) is 16.4 Å². The van der Waals surface area contributed by atoms with Crippen molar-refractivity contribution < 1.29 is 14.6 Å². The fourth-order valence-electron chi connectivity index (χ4n) is 2.42. The Bertz CT molecular complexity index is 798. The van der Waals surface area contributed by atoms with E-state index >= 15 is 0 Å². The van der Waals surface area contributed by atoms with Crippen LogP contribution in [0.1, 0.15) is 37.9 Å². The summed E-state index contributed by atoms with van der Waals surface area (Å²) in [5.74, 6) is 0.649. The zero-order valence-corrected chi connectivity index (χ0v) is 15.8. The molecule has 2 aromatic carbocycles. The molecule has 0 aliphatic heterocycles. The van der Waals surface area contributed by atoms with Gasteiger partial charge in [-0.05, 0) is 61.6 Å². The maximum atomic E-state index is 11.8. The highest BCUT2D eigenvalue weighted by Gasteiger charge is 2.21. The molecule has 0 aliphatic carbocycles. The minimum Gasteiger partial charge on any atom is -0.490 e. The number of carboxylic acids is 1. The summed E-state index contributed by atoms with van der Waals surface area (Å²) in [6.45, 7) is 5.96. The van der Waals surface area contributed by atoms with Gasteiger partial charge in [0.1, 0.15) is 5.75 Å². The van der Waals surface area contributed by atoms with Crippen molar-refractivity contribution in [2.24, 2.45) is 0 Å². The first-order chi connectivity index (χ1) is 12.4. The van der Waals surface area contributed by atoms with E-state index < -0.39 is 12.0 Å². The highest BCUT2D eigenvalue weighted by Crippen LogP contribution is 2.33. The molecule has 26 heavy (non-hydrogen) atoms. The Hall–Kier alpha value is -2.65. The number of nitrogens with one attached hydrogen (secondary N) is 1. The molecule has 0 fully saturated rings. The number of thioether (sulfide) groups is 1. The van der Waals surface area contributed by atoms with E-state index in [2.05, 4.69) is 5.32 Å². The van der Waals surface area contributed by atoms with Crippen LogP contribution in [0.4, 0.5) is 5.69 Å². The molecule has 0 saturated carbocycles. The van der Waals surface area contributed by atoms with E-state index in [1.165, 1.54) is 0 Å². The molecule has 0 radical (unpaired) electrons. The Labute approximate surface area is 158 Å². The fourth-order valence-corrected chi connectivity index (χ4v) is 3.21. The van der Waals surface area contributed by atoms with Crippen LogP contribution in [0.2, 0.25) is 0 Å². The monoisotopic (exact) mass is 370 g/mol. The predicted octanol–water partition coefficient (Wildman–Crippen LogP) is 4.70. The van der Waals surface area contributed by atoms with Gasteiger partial charge in [-0.25, -0.2) is 4.79 Å². The lowest BCUT2D eigenvalue weighted by atomic mass is 10.1. The van der Waals surface area contributed by atoms with E-state index in [1.807, 2.05) is 39.0 Å². The van der Waals surface area contributed by atoms with Gasteiger partial charge in [0.15, 0.2) is 6.04 Å². The highest BCUT2D eigenvalue weighted by molar-refractivity contribution is 7.99. The Balaban J connectivity index is 2.32. The number of hydrogen-bond donors (Lipinski definition) is 2. The Kier molecular flexibility index (Phi) is 6.93. The summed E-state index contributed by atoms with van der Waals surface area (Å²) >= 11 is 1.62. The number of carbonyl (C=O) groups is 1. The van der Waals surface area contributed by atoms with Crippen molar-refractivity contribution in [3.63, 3.8) is 0 Å². The van der Waals surface area contributed by atoms with Crippen molar-refractivity contribution in [3.8, 4) is 11.8 Å². The second kappa shape index (κ2) is 9.16. The van der Waals surface area contributed by atoms with Crippen LogP contribution in [-0.4, -0.2) is 22.9 Å². The van der Waals surface area contributed by atoms with Crippen LogP contribution in [-0.2, 0) is 4.79 Å². The van der Waals surface area contributed by atoms with E-state index in [-0.39, 0.29) is 6.10 Å². The third-order valence-electron chi connectivity index (χ3n) is 3.54. The number of nitriles is 1. The fraction of sp³-hybridized carbons (Fsp3) is 0.300. The quantitative estimate of drug-likeness (QED) is 0.656. The molecule has 0 bridgehead atoms. The molecule has 1 unspecified atom stereocenters. The molecule has 2 rings (SSSR count). The molecule has 0 aromatic heterocycles. The molecule has 0 spiro atoms. The molecule has 1 atom stereocenters. The number of aliphatic carboxylic acids is 1. The average Bonchev–Trinajstić information content (AvgIpc) is 2.61. The van der Waals surface area contributed by atoms with Crippen LogP contribution in [0, 0.1) is 11.3 Å². The summed E-state index contributed by atoms with van der Waals surface area (Å²) in [6.07, 6.45) is 0.0455. The second-order valence-corrected chi connectivity index (χ2v) is 7.22. The molecule has 0 amide bonds. The molecule has 136 valence electrons.